The van der Waals surface area contributed by atoms with E-state index in [1.807, 2.05) is 4.90 Å². The molecule has 4 nitrogen and oxygen atoms in total. The van der Waals surface area contributed by atoms with Crippen molar-refractivity contribution in [1.29, 1.82) is 0 Å². The lowest BCUT2D eigenvalue weighted by molar-refractivity contribution is -0.142. The minimum Gasteiger partial charge on any atom is -0.380 e. The van der Waals surface area contributed by atoms with E-state index in [-0.39, 0.29) is 18.1 Å². The fourth-order valence-electron chi connectivity index (χ4n) is 3.26. The van der Waals surface area contributed by atoms with E-state index in [0.717, 1.165) is 45.2 Å². The number of nitrogens with zero attached hydrogens (tertiary/aromatic N) is 1. The Morgan fingerprint density at radius 2 is 2.11 bits per heavy atom. The zero-order valence-corrected chi connectivity index (χ0v) is 11.6. The number of likely N-dealkylation sites (tertiary alicyclic amines) is 1. The quantitative estimate of drug-likeness (QED) is 0.810. The van der Waals surface area contributed by atoms with E-state index in [2.05, 4.69) is 6.92 Å². The highest BCUT2D eigenvalue weighted by molar-refractivity contribution is 5.79. The van der Waals surface area contributed by atoms with Gasteiger partial charge in [0.2, 0.25) is 5.91 Å². The van der Waals surface area contributed by atoms with Crippen LogP contribution in [-0.4, -0.2) is 43.2 Å². The van der Waals surface area contributed by atoms with Gasteiger partial charge in [0.15, 0.2) is 0 Å². The van der Waals surface area contributed by atoms with Crippen LogP contribution in [0.3, 0.4) is 0 Å². The van der Waals surface area contributed by atoms with Crippen LogP contribution in [0.15, 0.2) is 0 Å². The normalized spacial score (nSPS) is 37.6. The molecule has 18 heavy (non-hydrogen) atoms. The van der Waals surface area contributed by atoms with E-state index in [0.29, 0.717) is 11.8 Å². The maximum Gasteiger partial charge on any atom is 0.226 e. The van der Waals surface area contributed by atoms with Crippen LogP contribution >= 0.6 is 0 Å². The number of nitrogens with two attached hydrogens (primary N) is 1. The van der Waals surface area contributed by atoms with Crippen LogP contribution in [0.25, 0.3) is 0 Å². The summed E-state index contributed by atoms with van der Waals surface area (Å²) in [6.07, 6.45) is 5.34. The van der Waals surface area contributed by atoms with Crippen LogP contribution < -0.4 is 5.73 Å². The van der Waals surface area contributed by atoms with Crippen molar-refractivity contribution < 1.29 is 9.53 Å². The second-order valence-electron chi connectivity index (χ2n) is 5.94. The molecule has 1 saturated heterocycles. The third kappa shape index (κ3) is 3.04. The van der Waals surface area contributed by atoms with Crippen LogP contribution in [0.5, 0.6) is 0 Å². The van der Waals surface area contributed by atoms with Gasteiger partial charge in [0.25, 0.3) is 0 Å². The van der Waals surface area contributed by atoms with Crippen molar-refractivity contribution in [3.05, 3.63) is 0 Å². The molecule has 1 aliphatic carbocycles. The zero-order valence-electron chi connectivity index (χ0n) is 11.6. The van der Waals surface area contributed by atoms with Crippen molar-refractivity contribution in [2.75, 3.05) is 20.2 Å². The van der Waals surface area contributed by atoms with Gasteiger partial charge in [0, 0.05) is 32.2 Å². The standard InChI is InChI=1S/C14H26N2O2/c1-10-5-6-11(15)8-13(10)14(17)16-7-3-4-12(9-16)18-2/h10-13H,3-9,15H2,1-2H3. The summed E-state index contributed by atoms with van der Waals surface area (Å²) < 4.78 is 5.39. The smallest absolute Gasteiger partial charge is 0.226 e. The molecule has 0 aromatic heterocycles. The minimum atomic E-state index is 0.129. The Bertz CT molecular complexity index is 296. The van der Waals surface area contributed by atoms with Crippen molar-refractivity contribution in [3.8, 4) is 0 Å². The topological polar surface area (TPSA) is 55.6 Å². The first kappa shape index (κ1) is 13.8. The number of methoxy groups -OCH3 is 1. The van der Waals surface area contributed by atoms with Crippen LogP contribution in [0.2, 0.25) is 0 Å². The summed E-state index contributed by atoms with van der Waals surface area (Å²) in [6.45, 7) is 3.83. The highest BCUT2D eigenvalue weighted by Crippen LogP contribution is 2.31. The highest BCUT2D eigenvalue weighted by Gasteiger charge is 2.35. The predicted octanol–water partition coefficient (Wildman–Crippen LogP) is 1.39. The molecular formula is C14H26N2O2. The second-order valence-corrected chi connectivity index (χ2v) is 5.94. The number of amides is 1. The molecule has 2 fully saturated rings. The Hall–Kier alpha value is -0.610. The molecule has 0 spiro atoms. The van der Waals surface area contributed by atoms with Crippen molar-refractivity contribution in [1.82, 2.24) is 4.90 Å². The second kappa shape index (κ2) is 6.02. The number of rotatable bonds is 2. The predicted molar refractivity (Wildman–Crippen MR) is 71.1 cm³/mol. The van der Waals surface area contributed by atoms with Crippen LogP contribution in [0.1, 0.15) is 39.0 Å². The van der Waals surface area contributed by atoms with Crippen LogP contribution in [-0.2, 0) is 9.53 Å². The van der Waals surface area contributed by atoms with E-state index in [1.54, 1.807) is 7.11 Å². The van der Waals surface area contributed by atoms with Gasteiger partial charge in [-0.3, -0.25) is 4.79 Å². The molecule has 2 rings (SSSR count). The summed E-state index contributed by atoms with van der Waals surface area (Å²) in [5, 5.41) is 0. The Morgan fingerprint density at radius 3 is 2.83 bits per heavy atom. The van der Waals surface area contributed by atoms with Gasteiger partial charge in [-0.25, -0.2) is 0 Å². The maximum absolute atomic E-state index is 12.6. The van der Waals surface area contributed by atoms with Crippen molar-refractivity contribution in [3.63, 3.8) is 0 Å². The van der Waals surface area contributed by atoms with Gasteiger partial charge in [-0.1, -0.05) is 6.92 Å². The number of hydrogen-bond acceptors (Lipinski definition) is 3. The van der Waals surface area contributed by atoms with E-state index >= 15 is 0 Å². The third-order valence-corrected chi connectivity index (χ3v) is 4.58. The molecule has 2 N–H and O–H groups in total. The number of carbonyl (C=O) groups is 1. The lowest BCUT2D eigenvalue weighted by atomic mass is 9.77. The van der Waals surface area contributed by atoms with Gasteiger partial charge in [-0.2, -0.15) is 0 Å². The summed E-state index contributed by atoms with van der Waals surface area (Å²) in [5.41, 5.74) is 6.01. The van der Waals surface area contributed by atoms with Gasteiger partial charge in [0.05, 0.1) is 6.10 Å². The van der Waals surface area contributed by atoms with Crippen molar-refractivity contribution in [2.24, 2.45) is 17.6 Å². The van der Waals surface area contributed by atoms with E-state index in [1.165, 1.54) is 0 Å². The van der Waals surface area contributed by atoms with E-state index in [4.69, 9.17) is 10.5 Å². The average molecular weight is 254 g/mol. The first-order valence-corrected chi connectivity index (χ1v) is 7.19. The highest BCUT2D eigenvalue weighted by atomic mass is 16.5. The van der Waals surface area contributed by atoms with Gasteiger partial charge >= 0.3 is 0 Å². The van der Waals surface area contributed by atoms with Gasteiger partial charge in [-0.15, -0.1) is 0 Å². The minimum absolute atomic E-state index is 0.129. The number of hydrogen-bond donors (Lipinski definition) is 1. The Kier molecular flexibility index (Phi) is 4.62. The molecule has 0 aromatic rings. The van der Waals surface area contributed by atoms with Crippen LogP contribution in [0.4, 0.5) is 0 Å². The first-order chi connectivity index (χ1) is 8.61. The number of carbonyl (C=O) groups excluding carboxylic acids is 1. The molecule has 0 aromatic carbocycles. The molecule has 4 atom stereocenters. The average Bonchev–Trinajstić information content (AvgIpc) is 2.41. The van der Waals surface area contributed by atoms with E-state index in [9.17, 15) is 4.79 Å². The summed E-state index contributed by atoms with van der Waals surface area (Å²) >= 11 is 0. The fourth-order valence-corrected chi connectivity index (χ4v) is 3.26. The molecule has 0 bridgehead atoms. The Labute approximate surface area is 110 Å². The monoisotopic (exact) mass is 254 g/mol. The molecule has 1 amide bonds. The lowest BCUT2D eigenvalue weighted by Gasteiger charge is -2.38. The first-order valence-electron chi connectivity index (χ1n) is 7.19. The fraction of sp³-hybridized carbons (Fsp3) is 0.929. The molecule has 0 radical (unpaired) electrons. The third-order valence-electron chi connectivity index (χ3n) is 4.58. The Morgan fingerprint density at radius 1 is 1.33 bits per heavy atom. The SMILES string of the molecule is COC1CCCN(C(=O)C2CC(N)CCC2C)C1. The van der Waals surface area contributed by atoms with Crippen molar-refractivity contribution >= 4 is 5.91 Å². The van der Waals surface area contributed by atoms with Crippen molar-refractivity contribution in [2.45, 2.75) is 51.2 Å². The molecule has 104 valence electrons. The number of ether oxygens (including phenoxy) is 1. The maximum atomic E-state index is 12.6. The largest absolute Gasteiger partial charge is 0.380 e. The number of piperidine rings is 1. The van der Waals surface area contributed by atoms with Crippen LogP contribution in [0, 0.1) is 11.8 Å². The molecule has 2 aliphatic rings. The summed E-state index contributed by atoms with van der Waals surface area (Å²) in [6, 6.07) is 0.207. The summed E-state index contributed by atoms with van der Waals surface area (Å²) in [7, 11) is 1.73. The van der Waals surface area contributed by atoms with Gasteiger partial charge < -0.3 is 15.4 Å². The van der Waals surface area contributed by atoms with Gasteiger partial charge in [-0.05, 0) is 38.0 Å². The zero-order chi connectivity index (χ0) is 13.1. The van der Waals surface area contributed by atoms with E-state index < -0.39 is 0 Å². The summed E-state index contributed by atoms with van der Waals surface area (Å²) in [4.78, 5) is 14.6. The molecule has 1 aliphatic heterocycles. The molecule has 1 heterocycles. The molecular weight excluding hydrogens is 228 g/mol. The molecule has 4 heteroatoms. The lowest BCUT2D eigenvalue weighted by Crippen LogP contribution is -2.48. The molecule has 4 unspecified atom stereocenters. The molecule has 1 saturated carbocycles. The summed E-state index contributed by atoms with van der Waals surface area (Å²) in [5.74, 6) is 0.906. The Balaban J connectivity index is 1.96. The van der Waals surface area contributed by atoms with Gasteiger partial charge in [0.1, 0.15) is 0 Å².